The van der Waals surface area contributed by atoms with E-state index in [2.05, 4.69) is 15.6 Å². The SMILES string of the molecule is CCC(=O)NCC1C=NC(C)=CN1. The number of nitrogens with zero attached hydrogens (tertiary/aromatic N) is 1. The normalized spacial score (nSPS) is 20.5. The molecule has 0 radical (unpaired) electrons. The zero-order chi connectivity index (χ0) is 9.68. The molecule has 1 rings (SSSR count). The molecule has 0 saturated carbocycles. The molecule has 1 aliphatic heterocycles. The highest BCUT2D eigenvalue weighted by Gasteiger charge is 2.07. The van der Waals surface area contributed by atoms with Gasteiger partial charge in [0.1, 0.15) is 0 Å². The molecule has 2 N–H and O–H groups in total. The van der Waals surface area contributed by atoms with Gasteiger partial charge in [-0.05, 0) is 6.92 Å². The van der Waals surface area contributed by atoms with Gasteiger partial charge in [0.15, 0.2) is 0 Å². The Morgan fingerprint density at radius 1 is 1.77 bits per heavy atom. The van der Waals surface area contributed by atoms with Crippen LogP contribution in [-0.2, 0) is 4.79 Å². The van der Waals surface area contributed by atoms with Crippen molar-refractivity contribution < 1.29 is 4.79 Å². The van der Waals surface area contributed by atoms with E-state index in [4.69, 9.17) is 0 Å². The molecule has 0 bridgehead atoms. The number of nitrogens with one attached hydrogen (secondary N) is 2. The molecule has 72 valence electrons. The average Bonchev–Trinajstić information content (AvgIpc) is 2.16. The van der Waals surface area contributed by atoms with E-state index in [9.17, 15) is 4.79 Å². The van der Waals surface area contributed by atoms with Crippen molar-refractivity contribution in [2.45, 2.75) is 26.3 Å². The van der Waals surface area contributed by atoms with Gasteiger partial charge < -0.3 is 10.6 Å². The molecule has 0 fully saturated rings. The van der Waals surface area contributed by atoms with E-state index in [1.165, 1.54) is 0 Å². The first-order valence-electron chi connectivity index (χ1n) is 4.46. The quantitative estimate of drug-likeness (QED) is 0.663. The molecule has 0 aromatic carbocycles. The smallest absolute Gasteiger partial charge is 0.219 e. The van der Waals surface area contributed by atoms with Gasteiger partial charge in [-0.25, -0.2) is 0 Å². The lowest BCUT2D eigenvalue weighted by Gasteiger charge is -2.16. The van der Waals surface area contributed by atoms with Crippen LogP contribution < -0.4 is 10.6 Å². The zero-order valence-corrected chi connectivity index (χ0v) is 8.00. The molecule has 0 aromatic heterocycles. The third kappa shape index (κ3) is 3.27. The van der Waals surface area contributed by atoms with Crippen molar-refractivity contribution >= 4 is 12.1 Å². The van der Waals surface area contributed by atoms with Crippen molar-refractivity contribution in [2.75, 3.05) is 6.54 Å². The molecular weight excluding hydrogens is 166 g/mol. The zero-order valence-electron chi connectivity index (χ0n) is 8.00. The summed E-state index contributed by atoms with van der Waals surface area (Å²) in [4.78, 5) is 15.1. The van der Waals surface area contributed by atoms with Gasteiger partial charge in [-0.2, -0.15) is 0 Å². The number of aliphatic imine (C=N–C) groups is 1. The minimum absolute atomic E-state index is 0.0708. The topological polar surface area (TPSA) is 53.5 Å². The van der Waals surface area contributed by atoms with Crippen molar-refractivity contribution in [3.05, 3.63) is 11.9 Å². The van der Waals surface area contributed by atoms with Crippen LogP contribution in [0.5, 0.6) is 0 Å². The molecule has 13 heavy (non-hydrogen) atoms. The van der Waals surface area contributed by atoms with E-state index in [1.54, 1.807) is 0 Å². The summed E-state index contributed by atoms with van der Waals surface area (Å²) in [6, 6.07) is 0.124. The Bertz CT molecular complexity index is 245. The fourth-order valence-electron chi connectivity index (χ4n) is 0.976. The van der Waals surface area contributed by atoms with E-state index >= 15 is 0 Å². The maximum atomic E-state index is 10.9. The second-order valence-corrected chi connectivity index (χ2v) is 2.99. The van der Waals surface area contributed by atoms with E-state index < -0.39 is 0 Å². The molecule has 1 amide bonds. The highest BCUT2D eigenvalue weighted by Crippen LogP contribution is 1.97. The lowest BCUT2D eigenvalue weighted by Crippen LogP contribution is -2.40. The van der Waals surface area contributed by atoms with Crippen LogP contribution in [0.15, 0.2) is 16.9 Å². The molecule has 1 heterocycles. The van der Waals surface area contributed by atoms with Crippen molar-refractivity contribution in [3.8, 4) is 0 Å². The molecule has 0 spiro atoms. The van der Waals surface area contributed by atoms with E-state index in [-0.39, 0.29) is 11.9 Å². The number of hydrogen-bond acceptors (Lipinski definition) is 3. The summed E-state index contributed by atoms with van der Waals surface area (Å²) in [7, 11) is 0. The first kappa shape index (κ1) is 9.77. The highest BCUT2D eigenvalue weighted by molar-refractivity contribution is 5.76. The number of carbonyl (C=O) groups is 1. The molecule has 0 aromatic rings. The summed E-state index contributed by atoms with van der Waals surface area (Å²) >= 11 is 0. The Hall–Kier alpha value is -1.32. The highest BCUT2D eigenvalue weighted by atomic mass is 16.1. The predicted octanol–water partition coefficient (Wildman–Crippen LogP) is 0.416. The molecular formula is C9H15N3O. The van der Waals surface area contributed by atoms with Gasteiger partial charge in [0.2, 0.25) is 5.91 Å². The molecule has 1 atom stereocenters. The summed E-state index contributed by atoms with van der Waals surface area (Å²) in [5.74, 6) is 0.0708. The van der Waals surface area contributed by atoms with Crippen molar-refractivity contribution in [3.63, 3.8) is 0 Å². The molecule has 4 nitrogen and oxygen atoms in total. The first-order chi connectivity index (χ1) is 6.22. The van der Waals surface area contributed by atoms with Crippen LogP contribution in [0.25, 0.3) is 0 Å². The molecule has 0 aliphatic carbocycles. The Balaban J connectivity index is 2.25. The summed E-state index contributed by atoms with van der Waals surface area (Å²) in [5, 5.41) is 5.92. The van der Waals surface area contributed by atoms with Gasteiger partial charge in [-0.15, -0.1) is 0 Å². The standard InChI is InChI=1S/C9H15N3O/c1-3-9(13)12-6-8-5-10-7(2)4-11-8/h4-5,8,11H,3,6H2,1-2H3,(H,12,13). The molecule has 0 saturated heterocycles. The second-order valence-electron chi connectivity index (χ2n) is 2.99. The lowest BCUT2D eigenvalue weighted by atomic mass is 10.3. The van der Waals surface area contributed by atoms with Gasteiger partial charge in [-0.1, -0.05) is 6.92 Å². The van der Waals surface area contributed by atoms with Crippen LogP contribution in [-0.4, -0.2) is 24.7 Å². The van der Waals surface area contributed by atoms with Crippen LogP contribution in [0, 0.1) is 0 Å². The Morgan fingerprint density at radius 2 is 2.54 bits per heavy atom. The minimum atomic E-state index is 0.0708. The summed E-state index contributed by atoms with van der Waals surface area (Å²) in [6.45, 7) is 4.35. The number of rotatable bonds is 3. The molecule has 1 aliphatic rings. The Labute approximate surface area is 78.1 Å². The fourth-order valence-corrected chi connectivity index (χ4v) is 0.976. The summed E-state index contributed by atoms with van der Waals surface area (Å²) in [5.41, 5.74) is 0.957. The van der Waals surface area contributed by atoms with Crippen molar-refractivity contribution in [1.29, 1.82) is 0 Å². The van der Waals surface area contributed by atoms with Crippen LogP contribution in [0.1, 0.15) is 20.3 Å². The van der Waals surface area contributed by atoms with Crippen molar-refractivity contribution in [1.82, 2.24) is 10.6 Å². The Kier molecular flexibility index (Phi) is 3.49. The van der Waals surface area contributed by atoms with Crippen LogP contribution in [0.4, 0.5) is 0 Å². The number of amides is 1. The summed E-state index contributed by atoms with van der Waals surface area (Å²) < 4.78 is 0. The minimum Gasteiger partial charge on any atom is -0.380 e. The first-order valence-corrected chi connectivity index (χ1v) is 4.46. The van der Waals surface area contributed by atoms with Crippen molar-refractivity contribution in [2.24, 2.45) is 4.99 Å². The van der Waals surface area contributed by atoms with Gasteiger partial charge in [0, 0.05) is 25.4 Å². The number of carbonyl (C=O) groups excluding carboxylic acids is 1. The van der Waals surface area contributed by atoms with Gasteiger partial charge in [0.25, 0.3) is 0 Å². The van der Waals surface area contributed by atoms with Crippen LogP contribution in [0.2, 0.25) is 0 Å². The number of allylic oxidation sites excluding steroid dienone is 1. The average molecular weight is 181 g/mol. The number of hydrogen-bond donors (Lipinski definition) is 2. The third-order valence-electron chi connectivity index (χ3n) is 1.80. The maximum absolute atomic E-state index is 10.9. The largest absolute Gasteiger partial charge is 0.380 e. The van der Waals surface area contributed by atoms with Gasteiger partial charge in [-0.3, -0.25) is 9.79 Å². The van der Waals surface area contributed by atoms with Crippen LogP contribution in [0.3, 0.4) is 0 Å². The third-order valence-corrected chi connectivity index (χ3v) is 1.80. The molecule has 1 unspecified atom stereocenters. The maximum Gasteiger partial charge on any atom is 0.219 e. The van der Waals surface area contributed by atoms with Gasteiger partial charge >= 0.3 is 0 Å². The van der Waals surface area contributed by atoms with Crippen LogP contribution >= 0.6 is 0 Å². The summed E-state index contributed by atoms with van der Waals surface area (Å²) in [6.07, 6.45) is 4.19. The van der Waals surface area contributed by atoms with E-state index in [0.29, 0.717) is 13.0 Å². The van der Waals surface area contributed by atoms with E-state index in [1.807, 2.05) is 26.3 Å². The monoisotopic (exact) mass is 181 g/mol. The fraction of sp³-hybridized carbons (Fsp3) is 0.556. The Morgan fingerprint density at radius 3 is 3.08 bits per heavy atom. The molecule has 4 heteroatoms. The lowest BCUT2D eigenvalue weighted by molar-refractivity contribution is -0.120. The van der Waals surface area contributed by atoms with Gasteiger partial charge in [0.05, 0.1) is 11.7 Å². The second kappa shape index (κ2) is 4.64. The predicted molar refractivity (Wildman–Crippen MR) is 52.5 cm³/mol. The van der Waals surface area contributed by atoms with E-state index in [0.717, 1.165) is 5.70 Å².